The summed E-state index contributed by atoms with van der Waals surface area (Å²) in [7, 11) is 0. The van der Waals surface area contributed by atoms with Gasteiger partial charge in [-0.2, -0.15) is 0 Å². The van der Waals surface area contributed by atoms with Gasteiger partial charge in [0, 0.05) is 18.3 Å². The number of hydrogen-bond donors (Lipinski definition) is 4. The zero-order valence-corrected chi connectivity index (χ0v) is 14.8. The van der Waals surface area contributed by atoms with Crippen molar-refractivity contribution in [3.8, 4) is 0 Å². The number of anilines is 3. The van der Waals surface area contributed by atoms with Gasteiger partial charge in [-0.3, -0.25) is 9.78 Å². The second-order valence-corrected chi connectivity index (χ2v) is 6.78. The van der Waals surface area contributed by atoms with Crippen molar-refractivity contribution in [2.45, 2.75) is 44.7 Å². The number of nitrogens with one attached hydrogen (secondary N) is 2. The van der Waals surface area contributed by atoms with E-state index in [0.717, 1.165) is 24.5 Å². The van der Waals surface area contributed by atoms with E-state index in [1.165, 1.54) is 0 Å². The standard InChI is InChI=1S/C18H23FN6O/c1-9(20)10(2)23-18-15(19)6-14(16(21)26)17(25-18)24-13-5-12(7-22-8-13)11-3-4-11/h5-11H,3-4,20H2,1-2H3,(H2,21,26)(H2,23,24,25)/t9-,10+/m0/s1. The second kappa shape index (κ2) is 7.25. The first-order chi connectivity index (χ1) is 12.3. The van der Waals surface area contributed by atoms with Crippen LogP contribution in [0.3, 0.4) is 0 Å². The van der Waals surface area contributed by atoms with Crippen molar-refractivity contribution in [2.24, 2.45) is 11.5 Å². The van der Waals surface area contributed by atoms with E-state index in [1.54, 1.807) is 6.20 Å². The van der Waals surface area contributed by atoms with E-state index in [0.29, 0.717) is 11.6 Å². The molecule has 8 heteroatoms. The predicted octanol–water partition coefficient (Wildman–Crippen LogP) is 2.48. The predicted molar refractivity (Wildman–Crippen MR) is 98.9 cm³/mol. The van der Waals surface area contributed by atoms with Crippen LogP contribution in [-0.4, -0.2) is 28.0 Å². The molecule has 138 valence electrons. The number of amides is 1. The third-order valence-corrected chi connectivity index (χ3v) is 4.47. The summed E-state index contributed by atoms with van der Waals surface area (Å²) in [5.41, 5.74) is 13.0. The van der Waals surface area contributed by atoms with Crippen LogP contribution in [0.2, 0.25) is 0 Å². The Morgan fingerprint density at radius 2 is 2.00 bits per heavy atom. The molecule has 0 saturated heterocycles. The molecule has 1 amide bonds. The maximum atomic E-state index is 14.3. The number of pyridine rings is 2. The van der Waals surface area contributed by atoms with E-state index in [2.05, 4.69) is 20.6 Å². The molecule has 7 nitrogen and oxygen atoms in total. The SMILES string of the molecule is C[C@H](N)[C@@H](C)Nc1nc(Nc2cncc(C3CC3)c2)c(C(N)=O)cc1F. The third kappa shape index (κ3) is 4.08. The molecule has 1 saturated carbocycles. The first kappa shape index (κ1) is 18.1. The molecule has 1 aliphatic rings. The third-order valence-electron chi connectivity index (χ3n) is 4.47. The highest BCUT2D eigenvalue weighted by Crippen LogP contribution is 2.40. The molecular weight excluding hydrogens is 335 g/mol. The molecule has 2 heterocycles. The number of halogens is 1. The van der Waals surface area contributed by atoms with Gasteiger partial charge in [-0.15, -0.1) is 0 Å². The molecule has 0 radical (unpaired) electrons. The van der Waals surface area contributed by atoms with Crippen LogP contribution in [0, 0.1) is 5.82 Å². The lowest BCUT2D eigenvalue weighted by Crippen LogP contribution is -2.35. The van der Waals surface area contributed by atoms with Crippen molar-refractivity contribution >= 4 is 23.2 Å². The van der Waals surface area contributed by atoms with E-state index in [9.17, 15) is 9.18 Å². The molecule has 3 rings (SSSR count). The number of nitrogens with zero attached hydrogens (tertiary/aromatic N) is 2. The highest BCUT2D eigenvalue weighted by molar-refractivity contribution is 5.98. The van der Waals surface area contributed by atoms with E-state index in [1.807, 2.05) is 26.1 Å². The number of nitrogens with two attached hydrogens (primary N) is 2. The molecule has 2 aromatic rings. The molecule has 0 aliphatic heterocycles. The van der Waals surface area contributed by atoms with Crippen LogP contribution in [0.15, 0.2) is 24.5 Å². The molecule has 0 aromatic carbocycles. The zero-order chi connectivity index (χ0) is 18.8. The average molecular weight is 358 g/mol. The fraction of sp³-hybridized carbons (Fsp3) is 0.389. The van der Waals surface area contributed by atoms with Gasteiger partial charge in [-0.05, 0) is 50.3 Å². The first-order valence-electron chi connectivity index (χ1n) is 8.59. The Kier molecular flexibility index (Phi) is 5.03. The minimum Gasteiger partial charge on any atom is -0.365 e. The summed E-state index contributed by atoms with van der Waals surface area (Å²) in [4.78, 5) is 20.1. The van der Waals surface area contributed by atoms with Gasteiger partial charge in [0.2, 0.25) is 0 Å². The Morgan fingerprint density at radius 3 is 2.62 bits per heavy atom. The average Bonchev–Trinajstić information content (AvgIpc) is 3.42. The molecule has 0 unspecified atom stereocenters. The van der Waals surface area contributed by atoms with Gasteiger partial charge in [-0.1, -0.05) is 0 Å². The Bertz CT molecular complexity index is 821. The number of carbonyl (C=O) groups excluding carboxylic acids is 1. The van der Waals surface area contributed by atoms with Crippen molar-refractivity contribution < 1.29 is 9.18 Å². The Hall–Kier alpha value is -2.74. The van der Waals surface area contributed by atoms with E-state index in [-0.39, 0.29) is 29.3 Å². The molecule has 6 N–H and O–H groups in total. The lowest BCUT2D eigenvalue weighted by Gasteiger charge is -2.20. The molecule has 1 aliphatic carbocycles. The number of primary amides is 1. The molecule has 0 bridgehead atoms. The fourth-order valence-electron chi connectivity index (χ4n) is 2.52. The number of hydrogen-bond acceptors (Lipinski definition) is 6. The van der Waals surface area contributed by atoms with E-state index < -0.39 is 11.7 Å². The summed E-state index contributed by atoms with van der Waals surface area (Å²) in [6.07, 6.45) is 5.75. The maximum Gasteiger partial charge on any atom is 0.252 e. The van der Waals surface area contributed by atoms with Gasteiger partial charge < -0.3 is 22.1 Å². The molecular formula is C18H23FN6O. The van der Waals surface area contributed by atoms with Crippen LogP contribution < -0.4 is 22.1 Å². The van der Waals surface area contributed by atoms with Crippen LogP contribution in [0.1, 0.15) is 48.5 Å². The molecule has 2 atom stereocenters. The van der Waals surface area contributed by atoms with Gasteiger partial charge >= 0.3 is 0 Å². The van der Waals surface area contributed by atoms with Gasteiger partial charge in [0.25, 0.3) is 5.91 Å². The fourth-order valence-corrected chi connectivity index (χ4v) is 2.52. The minimum atomic E-state index is -0.767. The van der Waals surface area contributed by atoms with Gasteiger partial charge in [0.1, 0.15) is 5.82 Å². The van der Waals surface area contributed by atoms with Crippen molar-refractivity contribution in [1.82, 2.24) is 9.97 Å². The van der Waals surface area contributed by atoms with Crippen LogP contribution in [0.25, 0.3) is 0 Å². The summed E-state index contributed by atoms with van der Waals surface area (Å²) in [6, 6.07) is 2.62. The first-order valence-corrected chi connectivity index (χ1v) is 8.59. The van der Waals surface area contributed by atoms with Crippen molar-refractivity contribution in [2.75, 3.05) is 10.6 Å². The van der Waals surface area contributed by atoms with Crippen LogP contribution in [-0.2, 0) is 0 Å². The van der Waals surface area contributed by atoms with Crippen molar-refractivity contribution in [3.05, 3.63) is 41.5 Å². The van der Waals surface area contributed by atoms with E-state index in [4.69, 9.17) is 11.5 Å². The summed E-state index contributed by atoms with van der Waals surface area (Å²) >= 11 is 0. The molecule has 2 aromatic heterocycles. The van der Waals surface area contributed by atoms with Crippen molar-refractivity contribution in [1.29, 1.82) is 0 Å². The zero-order valence-electron chi connectivity index (χ0n) is 14.8. The van der Waals surface area contributed by atoms with Gasteiger partial charge in [0.05, 0.1) is 17.4 Å². The lowest BCUT2D eigenvalue weighted by atomic mass is 10.1. The maximum absolute atomic E-state index is 14.3. The Labute approximate surface area is 151 Å². The second-order valence-electron chi connectivity index (χ2n) is 6.78. The number of rotatable bonds is 7. The molecule has 0 spiro atoms. The van der Waals surface area contributed by atoms with Crippen LogP contribution in [0.5, 0.6) is 0 Å². The summed E-state index contributed by atoms with van der Waals surface area (Å²) in [6.45, 7) is 3.63. The highest BCUT2D eigenvalue weighted by atomic mass is 19.1. The highest BCUT2D eigenvalue weighted by Gasteiger charge is 2.24. The summed E-state index contributed by atoms with van der Waals surface area (Å²) in [5, 5.41) is 5.96. The van der Waals surface area contributed by atoms with Gasteiger partial charge in [-0.25, -0.2) is 9.37 Å². The van der Waals surface area contributed by atoms with Gasteiger partial charge in [0.15, 0.2) is 11.6 Å². The smallest absolute Gasteiger partial charge is 0.252 e. The lowest BCUT2D eigenvalue weighted by molar-refractivity contribution is 0.100. The van der Waals surface area contributed by atoms with Crippen LogP contribution in [0.4, 0.5) is 21.7 Å². The number of carbonyl (C=O) groups is 1. The summed E-state index contributed by atoms with van der Waals surface area (Å²) in [5.74, 6) is -0.717. The Balaban J connectivity index is 1.92. The quantitative estimate of drug-likeness (QED) is 0.604. The monoisotopic (exact) mass is 358 g/mol. The topological polar surface area (TPSA) is 119 Å². The normalized spacial score (nSPS) is 16.0. The Morgan fingerprint density at radius 1 is 1.27 bits per heavy atom. The minimum absolute atomic E-state index is 0.00797. The largest absolute Gasteiger partial charge is 0.365 e. The summed E-state index contributed by atoms with van der Waals surface area (Å²) < 4.78 is 14.3. The van der Waals surface area contributed by atoms with Crippen molar-refractivity contribution in [3.63, 3.8) is 0 Å². The molecule has 1 fully saturated rings. The van der Waals surface area contributed by atoms with Crippen LogP contribution >= 0.6 is 0 Å². The number of aromatic nitrogens is 2. The molecule has 26 heavy (non-hydrogen) atoms. The van der Waals surface area contributed by atoms with E-state index >= 15 is 0 Å².